The van der Waals surface area contributed by atoms with Gasteiger partial charge in [0.1, 0.15) is 0 Å². The third kappa shape index (κ3) is 3.18. The number of benzene rings is 2. The summed E-state index contributed by atoms with van der Waals surface area (Å²) in [5.74, 6) is 0. The number of hydrogen-bond acceptors (Lipinski definition) is 1. The molecular formula is C20H17N2+. The summed E-state index contributed by atoms with van der Waals surface area (Å²) in [5.41, 5.74) is 4.66. The SMILES string of the molecule is [NH2+]=C1C=CC=C/C1=C(/N=Cc1ccccc1)c1ccccc1. The van der Waals surface area contributed by atoms with Crippen LogP contribution in [0.3, 0.4) is 0 Å². The zero-order valence-corrected chi connectivity index (χ0v) is 12.2. The van der Waals surface area contributed by atoms with Gasteiger partial charge in [0.2, 0.25) is 5.71 Å². The molecule has 0 saturated heterocycles. The minimum absolute atomic E-state index is 0.728. The van der Waals surface area contributed by atoms with Crippen LogP contribution in [0.1, 0.15) is 11.1 Å². The highest BCUT2D eigenvalue weighted by Gasteiger charge is 2.14. The van der Waals surface area contributed by atoms with E-state index in [-0.39, 0.29) is 0 Å². The van der Waals surface area contributed by atoms with E-state index in [0.29, 0.717) is 0 Å². The molecule has 2 aromatic carbocycles. The lowest BCUT2D eigenvalue weighted by atomic mass is 9.99. The summed E-state index contributed by atoms with van der Waals surface area (Å²) in [7, 11) is 0. The molecule has 2 aromatic rings. The Balaban J connectivity index is 2.07. The molecule has 0 spiro atoms. The fourth-order valence-electron chi connectivity index (χ4n) is 2.29. The Labute approximate surface area is 130 Å². The molecule has 0 aromatic heterocycles. The first kappa shape index (κ1) is 14.0. The van der Waals surface area contributed by atoms with Crippen molar-refractivity contribution >= 4 is 17.6 Å². The number of rotatable bonds is 3. The molecule has 0 atom stereocenters. The predicted octanol–water partition coefficient (Wildman–Crippen LogP) is 2.84. The second-order valence-corrected chi connectivity index (χ2v) is 4.97. The lowest BCUT2D eigenvalue weighted by molar-refractivity contribution is -0.111. The lowest BCUT2D eigenvalue weighted by Crippen LogP contribution is -2.40. The minimum atomic E-state index is 0.728. The van der Waals surface area contributed by atoms with Crippen molar-refractivity contribution in [2.45, 2.75) is 0 Å². The van der Waals surface area contributed by atoms with E-state index in [2.05, 4.69) is 0 Å². The van der Waals surface area contributed by atoms with Gasteiger partial charge in [0.15, 0.2) is 0 Å². The first-order valence-corrected chi connectivity index (χ1v) is 7.21. The fourth-order valence-corrected chi connectivity index (χ4v) is 2.29. The molecule has 1 aliphatic rings. The van der Waals surface area contributed by atoms with Crippen LogP contribution >= 0.6 is 0 Å². The molecule has 2 N–H and O–H groups in total. The number of nitrogens with two attached hydrogens (primary N) is 1. The number of nitrogens with zero attached hydrogens (tertiary/aromatic N) is 1. The van der Waals surface area contributed by atoms with Crippen LogP contribution in [0.4, 0.5) is 0 Å². The molecule has 0 unspecified atom stereocenters. The fraction of sp³-hybridized carbons (Fsp3) is 0. The first-order valence-electron chi connectivity index (χ1n) is 7.21. The zero-order valence-electron chi connectivity index (χ0n) is 12.2. The molecule has 0 radical (unpaired) electrons. The molecule has 0 fully saturated rings. The molecule has 3 rings (SSSR count). The molecule has 0 saturated carbocycles. The second kappa shape index (κ2) is 6.64. The lowest BCUT2D eigenvalue weighted by Gasteiger charge is -2.08. The molecule has 1 aliphatic carbocycles. The van der Waals surface area contributed by atoms with Gasteiger partial charge in [-0.15, -0.1) is 0 Å². The van der Waals surface area contributed by atoms with Gasteiger partial charge in [-0.05, 0) is 11.6 Å². The summed E-state index contributed by atoms with van der Waals surface area (Å²) in [6, 6.07) is 20.2. The number of allylic oxidation sites excluding steroid dienone is 5. The van der Waals surface area contributed by atoms with Gasteiger partial charge in [0.05, 0.1) is 11.3 Å². The van der Waals surface area contributed by atoms with Crippen molar-refractivity contribution < 1.29 is 5.41 Å². The molecule has 22 heavy (non-hydrogen) atoms. The van der Waals surface area contributed by atoms with Gasteiger partial charge in [-0.25, -0.2) is 0 Å². The van der Waals surface area contributed by atoms with Crippen molar-refractivity contribution in [3.05, 3.63) is 102 Å². The Hall–Kier alpha value is -3.00. The smallest absolute Gasteiger partial charge is 0.206 e. The van der Waals surface area contributed by atoms with Gasteiger partial charge < -0.3 is 0 Å². The summed E-state index contributed by atoms with van der Waals surface area (Å²) >= 11 is 0. The Bertz CT molecular complexity index is 779. The van der Waals surface area contributed by atoms with Crippen LogP contribution in [-0.4, -0.2) is 11.9 Å². The Morgan fingerprint density at radius 3 is 2.14 bits per heavy atom. The summed E-state index contributed by atoms with van der Waals surface area (Å²) in [4.78, 5) is 4.71. The predicted molar refractivity (Wildman–Crippen MR) is 92.6 cm³/mol. The summed E-state index contributed by atoms with van der Waals surface area (Å²) < 4.78 is 0. The van der Waals surface area contributed by atoms with E-state index < -0.39 is 0 Å². The van der Waals surface area contributed by atoms with E-state index in [9.17, 15) is 0 Å². The van der Waals surface area contributed by atoms with Gasteiger partial charge >= 0.3 is 0 Å². The Morgan fingerprint density at radius 1 is 0.818 bits per heavy atom. The maximum Gasteiger partial charge on any atom is 0.206 e. The highest BCUT2D eigenvalue weighted by Crippen LogP contribution is 2.23. The monoisotopic (exact) mass is 285 g/mol. The van der Waals surface area contributed by atoms with Gasteiger partial charge in [-0.2, -0.15) is 0 Å². The van der Waals surface area contributed by atoms with E-state index in [4.69, 9.17) is 10.4 Å². The normalized spacial score (nSPS) is 16.3. The molecule has 0 aliphatic heterocycles. The number of hydrogen-bond donors (Lipinski definition) is 1. The van der Waals surface area contributed by atoms with E-state index in [1.807, 2.05) is 91.2 Å². The third-order valence-electron chi connectivity index (χ3n) is 3.41. The topological polar surface area (TPSA) is 38.0 Å². The van der Waals surface area contributed by atoms with Crippen molar-refractivity contribution in [3.63, 3.8) is 0 Å². The largest absolute Gasteiger partial charge is 0.255 e. The second-order valence-electron chi connectivity index (χ2n) is 4.97. The van der Waals surface area contributed by atoms with Crippen molar-refractivity contribution in [1.82, 2.24) is 0 Å². The first-order chi connectivity index (χ1) is 10.8. The molecule has 2 nitrogen and oxygen atoms in total. The van der Waals surface area contributed by atoms with Crippen LogP contribution < -0.4 is 5.41 Å². The minimum Gasteiger partial charge on any atom is -0.255 e. The van der Waals surface area contributed by atoms with Gasteiger partial charge in [-0.3, -0.25) is 10.4 Å². The average Bonchev–Trinajstić information content (AvgIpc) is 2.58. The highest BCUT2D eigenvalue weighted by molar-refractivity contribution is 6.13. The van der Waals surface area contributed by atoms with Crippen LogP contribution in [0.2, 0.25) is 0 Å². The van der Waals surface area contributed by atoms with Crippen LogP contribution in [0.15, 0.2) is 95.5 Å². The maximum absolute atomic E-state index is 6.13. The molecule has 106 valence electrons. The molecule has 0 amide bonds. The van der Waals surface area contributed by atoms with Crippen molar-refractivity contribution in [3.8, 4) is 0 Å². The average molecular weight is 285 g/mol. The van der Waals surface area contributed by atoms with Crippen molar-refractivity contribution in [2.24, 2.45) is 4.99 Å². The molecule has 0 bridgehead atoms. The van der Waals surface area contributed by atoms with E-state index in [1.54, 1.807) is 0 Å². The van der Waals surface area contributed by atoms with E-state index in [1.165, 1.54) is 0 Å². The summed E-state index contributed by atoms with van der Waals surface area (Å²) in [6.07, 6.45) is 9.68. The van der Waals surface area contributed by atoms with Gasteiger partial charge in [-0.1, -0.05) is 72.8 Å². The molecule has 0 heterocycles. The highest BCUT2D eigenvalue weighted by atomic mass is 14.7. The van der Waals surface area contributed by atoms with Gasteiger partial charge in [0.25, 0.3) is 0 Å². The summed E-state index contributed by atoms with van der Waals surface area (Å²) in [5, 5.41) is 6.13. The zero-order chi connectivity index (χ0) is 15.2. The van der Waals surface area contributed by atoms with Crippen molar-refractivity contribution in [1.29, 1.82) is 0 Å². The maximum atomic E-state index is 6.13. The van der Waals surface area contributed by atoms with Crippen molar-refractivity contribution in [2.75, 3.05) is 0 Å². The molecule has 2 heteroatoms. The van der Waals surface area contributed by atoms with E-state index >= 15 is 0 Å². The van der Waals surface area contributed by atoms with Gasteiger partial charge in [0, 0.05) is 17.9 Å². The summed E-state index contributed by atoms with van der Waals surface area (Å²) in [6.45, 7) is 0. The van der Waals surface area contributed by atoms with Crippen LogP contribution in [-0.2, 0) is 0 Å². The van der Waals surface area contributed by atoms with E-state index in [0.717, 1.165) is 28.1 Å². The Morgan fingerprint density at radius 2 is 1.45 bits per heavy atom. The van der Waals surface area contributed by atoms with Crippen LogP contribution in [0.25, 0.3) is 5.70 Å². The van der Waals surface area contributed by atoms with Crippen LogP contribution in [0.5, 0.6) is 0 Å². The standard InChI is InChI=1S/C20H16N2/c21-19-14-8-7-13-18(19)20(17-11-5-2-6-12-17)22-15-16-9-3-1-4-10-16/h1-15,21H/p+1/b20-18-,21-19?,22-15?. The third-order valence-corrected chi connectivity index (χ3v) is 3.41. The van der Waals surface area contributed by atoms with Crippen LogP contribution in [0, 0.1) is 0 Å². The molecular weight excluding hydrogens is 268 g/mol. The quantitative estimate of drug-likeness (QED) is 0.842. The Kier molecular flexibility index (Phi) is 4.21. The number of aliphatic imine (C=N–C) groups is 1.